The molecule has 1 aromatic carbocycles. The normalized spacial score (nSPS) is 19.2. The molecule has 0 spiro atoms. The monoisotopic (exact) mass is 247 g/mol. The molecular weight excluding hydrogens is 230 g/mol. The van der Waals surface area contributed by atoms with E-state index in [1.807, 2.05) is 18.2 Å². The molecular formula is C14H17NO3. The van der Waals surface area contributed by atoms with E-state index >= 15 is 0 Å². The highest BCUT2D eigenvalue weighted by Gasteiger charge is 2.33. The second-order valence-electron chi connectivity index (χ2n) is 4.67. The molecule has 96 valence electrons. The third-order valence-electron chi connectivity index (χ3n) is 3.30. The number of aryl methyl sites for hydroxylation is 1. The first kappa shape index (κ1) is 12.6. The fraction of sp³-hybridized carbons (Fsp3) is 0.429. The van der Waals surface area contributed by atoms with E-state index in [1.165, 1.54) is 5.56 Å². The maximum absolute atomic E-state index is 11.6. The van der Waals surface area contributed by atoms with E-state index < -0.39 is 11.9 Å². The van der Waals surface area contributed by atoms with E-state index in [-0.39, 0.29) is 12.3 Å². The summed E-state index contributed by atoms with van der Waals surface area (Å²) < 4.78 is 0. The predicted molar refractivity (Wildman–Crippen MR) is 67.1 cm³/mol. The van der Waals surface area contributed by atoms with Gasteiger partial charge in [0.25, 0.3) is 0 Å². The van der Waals surface area contributed by atoms with Crippen molar-refractivity contribution in [2.75, 3.05) is 13.1 Å². The largest absolute Gasteiger partial charge is 0.481 e. The van der Waals surface area contributed by atoms with Crippen LogP contribution in [0.15, 0.2) is 30.3 Å². The molecule has 1 saturated heterocycles. The van der Waals surface area contributed by atoms with Crippen LogP contribution in [-0.2, 0) is 16.0 Å². The lowest BCUT2D eigenvalue weighted by Crippen LogP contribution is -2.27. The maximum Gasteiger partial charge on any atom is 0.308 e. The van der Waals surface area contributed by atoms with Gasteiger partial charge in [-0.15, -0.1) is 0 Å². The Balaban J connectivity index is 1.78. The topological polar surface area (TPSA) is 57.6 Å². The maximum atomic E-state index is 11.6. The van der Waals surface area contributed by atoms with E-state index in [4.69, 9.17) is 5.11 Å². The molecule has 1 N–H and O–H groups in total. The number of aliphatic carboxylic acids is 1. The third kappa shape index (κ3) is 3.09. The highest BCUT2D eigenvalue weighted by Crippen LogP contribution is 2.18. The minimum atomic E-state index is -0.867. The van der Waals surface area contributed by atoms with Gasteiger partial charge in [-0.1, -0.05) is 30.3 Å². The fourth-order valence-corrected chi connectivity index (χ4v) is 2.27. The van der Waals surface area contributed by atoms with Crippen molar-refractivity contribution in [1.29, 1.82) is 0 Å². The Morgan fingerprint density at radius 2 is 2.06 bits per heavy atom. The quantitative estimate of drug-likeness (QED) is 0.859. The fourth-order valence-electron chi connectivity index (χ4n) is 2.27. The van der Waals surface area contributed by atoms with Crippen LogP contribution in [0.1, 0.15) is 18.4 Å². The zero-order valence-electron chi connectivity index (χ0n) is 10.2. The van der Waals surface area contributed by atoms with Gasteiger partial charge in [0.2, 0.25) is 5.91 Å². The Morgan fingerprint density at radius 3 is 2.67 bits per heavy atom. The van der Waals surface area contributed by atoms with Gasteiger partial charge in [-0.3, -0.25) is 9.59 Å². The number of benzene rings is 1. The van der Waals surface area contributed by atoms with Gasteiger partial charge in [0.05, 0.1) is 5.92 Å². The highest BCUT2D eigenvalue weighted by molar-refractivity contribution is 5.86. The molecule has 1 heterocycles. The van der Waals surface area contributed by atoms with Gasteiger partial charge >= 0.3 is 5.97 Å². The summed E-state index contributed by atoms with van der Waals surface area (Å²) in [5.74, 6) is -1.42. The minimum absolute atomic E-state index is 0.0320. The number of carboxylic acids is 1. The van der Waals surface area contributed by atoms with Crippen molar-refractivity contribution in [2.24, 2.45) is 5.92 Å². The van der Waals surface area contributed by atoms with E-state index in [0.29, 0.717) is 13.1 Å². The Bertz CT molecular complexity index is 430. The number of nitrogens with zero attached hydrogens (tertiary/aromatic N) is 1. The van der Waals surface area contributed by atoms with E-state index in [0.717, 1.165) is 12.8 Å². The van der Waals surface area contributed by atoms with Crippen LogP contribution in [0.3, 0.4) is 0 Å². The molecule has 18 heavy (non-hydrogen) atoms. The molecule has 0 aromatic heterocycles. The summed E-state index contributed by atoms with van der Waals surface area (Å²) in [5, 5.41) is 8.87. The molecule has 0 bridgehead atoms. The van der Waals surface area contributed by atoms with E-state index in [1.54, 1.807) is 4.90 Å². The molecule has 1 atom stereocenters. The van der Waals surface area contributed by atoms with Crippen LogP contribution < -0.4 is 0 Å². The summed E-state index contributed by atoms with van der Waals surface area (Å²) in [5.41, 5.74) is 1.25. The van der Waals surface area contributed by atoms with Gasteiger partial charge in [-0.25, -0.2) is 0 Å². The second-order valence-corrected chi connectivity index (χ2v) is 4.67. The van der Waals surface area contributed by atoms with E-state index in [2.05, 4.69) is 12.1 Å². The standard InChI is InChI=1S/C14H17NO3/c16-13-9-12(14(17)18)10-15(13)8-4-7-11-5-2-1-3-6-11/h1-3,5-6,12H,4,7-10H2,(H,17,18). The SMILES string of the molecule is O=C(O)C1CC(=O)N(CCCc2ccccc2)C1. The molecule has 1 fully saturated rings. The molecule has 4 heteroatoms. The average Bonchev–Trinajstić information content (AvgIpc) is 2.73. The van der Waals surface area contributed by atoms with E-state index in [9.17, 15) is 9.59 Å². The zero-order chi connectivity index (χ0) is 13.0. The second kappa shape index (κ2) is 5.67. The zero-order valence-corrected chi connectivity index (χ0v) is 10.2. The van der Waals surface area contributed by atoms with Crippen molar-refractivity contribution < 1.29 is 14.7 Å². The van der Waals surface area contributed by atoms with Crippen molar-refractivity contribution in [3.8, 4) is 0 Å². The first-order chi connectivity index (χ1) is 8.66. The molecule has 2 rings (SSSR count). The number of carboxylic acid groups (broad SMARTS) is 1. The molecule has 1 aliphatic heterocycles. The smallest absolute Gasteiger partial charge is 0.308 e. The number of carbonyl (C=O) groups excluding carboxylic acids is 1. The molecule has 0 aliphatic carbocycles. The minimum Gasteiger partial charge on any atom is -0.481 e. The van der Waals surface area contributed by atoms with Crippen LogP contribution in [0.2, 0.25) is 0 Å². The Kier molecular flexibility index (Phi) is 3.97. The van der Waals surface area contributed by atoms with Gasteiger partial charge in [-0.2, -0.15) is 0 Å². The molecule has 0 saturated carbocycles. The number of hydrogen-bond donors (Lipinski definition) is 1. The molecule has 1 aliphatic rings. The number of hydrogen-bond acceptors (Lipinski definition) is 2. The predicted octanol–water partition coefficient (Wildman–Crippen LogP) is 1.55. The molecule has 1 unspecified atom stereocenters. The molecule has 1 amide bonds. The lowest BCUT2D eigenvalue weighted by atomic mass is 10.1. The van der Waals surface area contributed by atoms with Crippen molar-refractivity contribution in [2.45, 2.75) is 19.3 Å². The van der Waals surface area contributed by atoms with Crippen LogP contribution in [0.5, 0.6) is 0 Å². The summed E-state index contributed by atoms with van der Waals surface area (Å²) in [6, 6.07) is 10.1. The van der Waals surface area contributed by atoms with Crippen LogP contribution >= 0.6 is 0 Å². The molecule has 4 nitrogen and oxygen atoms in total. The third-order valence-corrected chi connectivity index (χ3v) is 3.30. The highest BCUT2D eigenvalue weighted by atomic mass is 16.4. The summed E-state index contributed by atoms with van der Waals surface area (Å²) in [4.78, 5) is 24.1. The van der Waals surface area contributed by atoms with Crippen LogP contribution in [-0.4, -0.2) is 35.0 Å². The Morgan fingerprint density at radius 1 is 1.33 bits per heavy atom. The number of likely N-dealkylation sites (tertiary alicyclic amines) is 1. The first-order valence-corrected chi connectivity index (χ1v) is 6.21. The van der Waals surface area contributed by atoms with Crippen molar-refractivity contribution in [1.82, 2.24) is 4.90 Å². The van der Waals surface area contributed by atoms with Crippen LogP contribution in [0, 0.1) is 5.92 Å². The first-order valence-electron chi connectivity index (χ1n) is 6.21. The Labute approximate surface area is 106 Å². The van der Waals surface area contributed by atoms with Crippen molar-refractivity contribution >= 4 is 11.9 Å². The van der Waals surface area contributed by atoms with Crippen molar-refractivity contribution in [3.05, 3.63) is 35.9 Å². The van der Waals surface area contributed by atoms with Gasteiger partial charge < -0.3 is 10.0 Å². The van der Waals surface area contributed by atoms with Gasteiger partial charge in [0.15, 0.2) is 0 Å². The summed E-state index contributed by atoms with van der Waals surface area (Å²) in [6.45, 7) is 1.01. The van der Waals surface area contributed by atoms with Gasteiger partial charge in [0.1, 0.15) is 0 Å². The Hall–Kier alpha value is -1.84. The lowest BCUT2D eigenvalue weighted by molar-refractivity contribution is -0.141. The number of carbonyl (C=O) groups is 2. The average molecular weight is 247 g/mol. The van der Waals surface area contributed by atoms with Gasteiger partial charge in [0, 0.05) is 19.5 Å². The summed E-state index contributed by atoms with van der Waals surface area (Å²) in [6.07, 6.45) is 1.95. The number of rotatable bonds is 5. The summed E-state index contributed by atoms with van der Waals surface area (Å²) >= 11 is 0. The molecule has 0 radical (unpaired) electrons. The number of amides is 1. The summed E-state index contributed by atoms with van der Waals surface area (Å²) in [7, 11) is 0. The van der Waals surface area contributed by atoms with Gasteiger partial charge in [-0.05, 0) is 18.4 Å². The van der Waals surface area contributed by atoms with Crippen molar-refractivity contribution in [3.63, 3.8) is 0 Å². The lowest BCUT2D eigenvalue weighted by Gasteiger charge is -2.15. The van der Waals surface area contributed by atoms with Crippen LogP contribution in [0.25, 0.3) is 0 Å². The molecule has 1 aromatic rings. The van der Waals surface area contributed by atoms with Crippen LogP contribution in [0.4, 0.5) is 0 Å².